The van der Waals surface area contributed by atoms with Crippen LogP contribution in [0.15, 0.2) is 0 Å². The van der Waals surface area contributed by atoms with Crippen molar-refractivity contribution in [1.82, 2.24) is 0 Å². The maximum atomic E-state index is 9.53. The second-order valence-corrected chi connectivity index (χ2v) is 1.75. The SMILES string of the molecule is CC(N)CO[SH]=O. The molecule has 0 aliphatic rings. The number of thiol groups is 1. The molecule has 1 unspecified atom stereocenters. The molecule has 0 aliphatic carbocycles. The predicted molar refractivity (Wildman–Crippen MR) is 29.1 cm³/mol. The first-order valence-corrected chi connectivity index (χ1v) is 2.70. The lowest BCUT2D eigenvalue weighted by atomic mass is 10.4. The minimum Gasteiger partial charge on any atom is -0.326 e. The summed E-state index contributed by atoms with van der Waals surface area (Å²) in [5, 5.41) is 0. The van der Waals surface area contributed by atoms with Crippen LogP contribution in [-0.2, 0) is 16.1 Å². The molecule has 0 amide bonds. The van der Waals surface area contributed by atoms with Crippen molar-refractivity contribution in [3.63, 3.8) is 0 Å². The molecule has 0 spiro atoms. The van der Waals surface area contributed by atoms with Gasteiger partial charge in [-0.3, -0.25) is 4.18 Å². The Morgan fingerprint density at radius 1 is 2.00 bits per heavy atom. The Kier molecular flexibility index (Phi) is 4.28. The van der Waals surface area contributed by atoms with Gasteiger partial charge in [0, 0.05) is 6.04 Å². The van der Waals surface area contributed by atoms with Gasteiger partial charge >= 0.3 is 0 Å². The van der Waals surface area contributed by atoms with E-state index in [0.717, 1.165) is 0 Å². The number of nitrogens with two attached hydrogens (primary N) is 1. The third kappa shape index (κ3) is 6.07. The van der Waals surface area contributed by atoms with Crippen molar-refractivity contribution in [2.75, 3.05) is 6.61 Å². The van der Waals surface area contributed by atoms with Crippen molar-refractivity contribution < 1.29 is 8.39 Å². The van der Waals surface area contributed by atoms with Crippen LogP contribution >= 0.6 is 0 Å². The van der Waals surface area contributed by atoms with Gasteiger partial charge in [-0.1, -0.05) is 0 Å². The minimum absolute atomic E-state index is 0.0264. The molecule has 0 saturated carbocycles. The minimum atomic E-state index is -0.290. The van der Waals surface area contributed by atoms with Crippen LogP contribution in [0.25, 0.3) is 0 Å². The summed E-state index contributed by atoms with van der Waals surface area (Å²) in [7, 11) is 0. The maximum absolute atomic E-state index is 9.53. The molecule has 0 heterocycles. The van der Waals surface area contributed by atoms with Gasteiger partial charge in [-0.05, 0) is 6.92 Å². The van der Waals surface area contributed by atoms with Gasteiger partial charge in [0.2, 0.25) is 0 Å². The molecule has 0 saturated heterocycles. The largest absolute Gasteiger partial charge is 0.326 e. The lowest BCUT2D eigenvalue weighted by Crippen LogP contribution is -2.20. The van der Waals surface area contributed by atoms with Gasteiger partial charge in [0.25, 0.3) is 0 Å². The van der Waals surface area contributed by atoms with E-state index in [1.165, 1.54) is 0 Å². The van der Waals surface area contributed by atoms with Crippen LogP contribution < -0.4 is 5.73 Å². The molecule has 0 aromatic rings. The quantitative estimate of drug-likeness (QED) is 0.484. The van der Waals surface area contributed by atoms with Gasteiger partial charge in [0.05, 0.1) is 6.61 Å². The Labute approximate surface area is 46.5 Å². The first-order chi connectivity index (χ1) is 3.27. The summed E-state index contributed by atoms with van der Waals surface area (Å²) in [5.41, 5.74) is 5.21. The van der Waals surface area contributed by atoms with Crippen LogP contribution in [0.1, 0.15) is 6.92 Å². The Bertz CT molecular complexity index is 56.9. The van der Waals surface area contributed by atoms with Gasteiger partial charge in [-0.15, -0.1) is 0 Å². The van der Waals surface area contributed by atoms with Gasteiger partial charge in [-0.25, -0.2) is 4.21 Å². The molecule has 0 bridgehead atoms. The molecule has 1 atom stereocenters. The molecule has 0 rings (SSSR count). The third-order valence-electron chi connectivity index (χ3n) is 0.390. The Balaban J connectivity index is 2.81. The van der Waals surface area contributed by atoms with Crippen molar-refractivity contribution >= 4 is 11.9 Å². The van der Waals surface area contributed by atoms with E-state index in [9.17, 15) is 4.21 Å². The maximum Gasteiger partial charge on any atom is 0.142 e. The summed E-state index contributed by atoms with van der Waals surface area (Å²) in [6.07, 6.45) is 0. The molecule has 7 heavy (non-hydrogen) atoms. The third-order valence-corrected chi connectivity index (χ3v) is 0.645. The molecule has 0 aliphatic heterocycles. The van der Waals surface area contributed by atoms with Gasteiger partial charge in [-0.2, -0.15) is 0 Å². The average molecular weight is 123 g/mol. The fraction of sp³-hybridized carbons (Fsp3) is 1.00. The molecule has 0 aromatic carbocycles. The highest BCUT2D eigenvalue weighted by Gasteiger charge is 1.88. The van der Waals surface area contributed by atoms with E-state index < -0.39 is 0 Å². The molecular formula is C3H9NO2S. The van der Waals surface area contributed by atoms with Crippen LogP contribution in [0.5, 0.6) is 0 Å². The lowest BCUT2D eigenvalue weighted by molar-refractivity contribution is 0.333. The van der Waals surface area contributed by atoms with E-state index in [1.807, 2.05) is 0 Å². The summed E-state index contributed by atoms with van der Waals surface area (Å²) >= 11 is -0.290. The number of hydrogen-bond acceptors (Lipinski definition) is 3. The van der Waals surface area contributed by atoms with Crippen molar-refractivity contribution in [3.8, 4) is 0 Å². The normalized spacial score (nSPS) is 14.0. The summed E-state index contributed by atoms with van der Waals surface area (Å²) < 4.78 is 13.9. The Hall–Kier alpha value is 0.0700. The number of hydrogen-bond donors (Lipinski definition) is 2. The summed E-state index contributed by atoms with van der Waals surface area (Å²) in [4.78, 5) is 0. The summed E-state index contributed by atoms with van der Waals surface area (Å²) in [5.74, 6) is 0. The molecule has 4 heteroatoms. The van der Waals surface area contributed by atoms with Gasteiger partial charge in [0.15, 0.2) is 0 Å². The monoisotopic (exact) mass is 123 g/mol. The van der Waals surface area contributed by atoms with E-state index in [2.05, 4.69) is 4.18 Å². The lowest BCUT2D eigenvalue weighted by Gasteiger charge is -1.97. The highest BCUT2D eigenvalue weighted by Crippen LogP contribution is 1.74. The zero-order valence-electron chi connectivity index (χ0n) is 4.13. The molecule has 2 N–H and O–H groups in total. The number of rotatable bonds is 3. The first-order valence-electron chi connectivity index (χ1n) is 1.97. The van der Waals surface area contributed by atoms with E-state index >= 15 is 0 Å². The van der Waals surface area contributed by atoms with Crippen LogP contribution in [-0.4, -0.2) is 16.9 Å². The fourth-order valence-electron chi connectivity index (χ4n) is 0.148. The van der Waals surface area contributed by atoms with Crippen LogP contribution in [0.4, 0.5) is 0 Å². The Morgan fingerprint density at radius 3 is 2.71 bits per heavy atom. The van der Waals surface area contributed by atoms with Crippen LogP contribution in [0.2, 0.25) is 0 Å². The fourth-order valence-corrected chi connectivity index (χ4v) is 0.444. The summed E-state index contributed by atoms with van der Waals surface area (Å²) in [6.45, 7) is 2.14. The van der Waals surface area contributed by atoms with Crippen molar-refractivity contribution in [3.05, 3.63) is 0 Å². The zero-order chi connectivity index (χ0) is 5.70. The van der Waals surface area contributed by atoms with Crippen molar-refractivity contribution in [2.45, 2.75) is 13.0 Å². The Morgan fingerprint density at radius 2 is 2.57 bits per heavy atom. The van der Waals surface area contributed by atoms with E-state index in [0.29, 0.717) is 6.61 Å². The van der Waals surface area contributed by atoms with Crippen molar-refractivity contribution in [1.29, 1.82) is 0 Å². The molecule has 44 valence electrons. The van der Waals surface area contributed by atoms with E-state index in [4.69, 9.17) is 5.73 Å². The molecule has 0 aromatic heterocycles. The van der Waals surface area contributed by atoms with Gasteiger partial charge < -0.3 is 5.73 Å². The topological polar surface area (TPSA) is 52.3 Å². The first kappa shape index (κ1) is 7.07. The molecular weight excluding hydrogens is 114 g/mol. The molecule has 0 fully saturated rings. The highest BCUT2D eigenvalue weighted by molar-refractivity contribution is 7.60. The van der Waals surface area contributed by atoms with Crippen LogP contribution in [0.3, 0.4) is 0 Å². The second kappa shape index (κ2) is 4.23. The summed E-state index contributed by atoms with van der Waals surface area (Å²) in [6, 6.07) is -0.0264. The molecule has 3 nitrogen and oxygen atoms in total. The average Bonchev–Trinajstić information content (AvgIpc) is 1.61. The predicted octanol–water partition coefficient (Wildman–Crippen LogP) is -0.789. The van der Waals surface area contributed by atoms with E-state index in [1.54, 1.807) is 6.92 Å². The van der Waals surface area contributed by atoms with Gasteiger partial charge in [0.1, 0.15) is 11.9 Å². The molecule has 0 radical (unpaired) electrons. The second-order valence-electron chi connectivity index (χ2n) is 1.35. The standard InChI is InChI=1S/C3H9NO2S/c1-3(4)2-6-7-5/h3,7H,2,4H2,1H3. The van der Waals surface area contributed by atoms with Crippen molar-refractivity contribution in [2.24, 2.45) is 5.73 Å². The zero-order valence-corrected chi connectivity index (χ0v) is 5.02. The smallest absolute Gasteiger partial charge is 0.142 e. The van der Waals surface area contributed by atoms with E-state index in [-0.39, 0.29) is 18.0 Å². The highest BCUT2D eigenvalue weighted by atomic mass is 32.2. The van der Waals surface area contributed by atoms with Crippen LogP contribution in [0, 0.1) is 0 Å².